The Morgan fingerprint density at radius 2 is 1.64 bits per heavy atom. The van der Waals surface area contributed by atoms with E-state index in [1.54, 1.807) is 4.90 Å². The fraction of sp³-hybridized carbons (Fsp3) is 0.944. The Bertz CT molecular complexity index is 428. The molecule has 1 amide bonds. The Kier molecular flexibility index (Phi) is 4.28. The van der Waals surface area contributed by atoms with Gasteiger partial charge in [-0.05, 0) is 50.4 Å². The minimum absolute atomic E-state index is 0.00291. The molecule has 0 unspecified atom stereocenters. The quantitative estimate of drug-likeness (QED) is 0.620. The summed E-state index contributed by atoms with van der Waals surface area (Å²) < 4.78 is 0. The predicted molar refractivity (Wildman–Crippen MR) is 88.0 cm³/mol. The van der Waals surface area contributed by atoms with Crippen LogP contribution in [0.1, 0.15) is 47.0 Å². The average molecular weight is 309 g/mol. The molecule has 2 bridgehead atoms. The highest BCUT2D eigenvalue weighted by molar-refractivity contribution is 5.78. The molecule has 3 aliphatic rings. The molecule has 3 atom stereocenters. The number of piperazine rings is 1. The maximum Gasteiger partial charge on any atom is 0.275 e. The second-order valence-electron chi connectivity index (χ2n) is 8.71. The van der Waals surface area contributed by atoms with Gasteiger partial charge in [0.25, 0.3) is 5.91 Å². The third-order valence-electron chi connectivity index (χ3n) is 7.58. The summed E-state index contributed by atoms with van der Waals surface area (Å²) in [5.74, 6) is 1.76. The van der Waals surface area contributed by atoms with E-state index in [0.29, 0.717) is 12.5 Å². The van der Waals surface area contributed by atoms with Crippen molar-refractivity contribution in [3.63, 3.8) is 0 Å². The Morgan fingerprint density at radius 3 is 2.18 bits per heavy atom. The summed E-state index contributed by atoms with van der Waals surface area (Å²) in [6.07, 6.45) is 3.97. The summed E-state index contributed by atoms with van der Waals surface area (Å²) in [5.41, 5.74) is 0.245. The van der Waals surface area contributed by atoms with Crippen LogP contribution in [0.15, 0.2) is 0 Å². The Balaban J connectivity index is 1.56. The van der Waals surface area contributed by atoms with Crippen molar-refractivity contribution >= 4 is 5.91 Å². The van der Waals surface area contributed by atoms with Crippen LogP contribution in [-0.4, -0.2) is 50.7 Å². The number of amides is 1. The molecule has 1 aliphatic heterocycles. The summed E-state index contributed by atoms with van der Waals surface area (Å²) >= 11 is 0. The third kappa shape index (κ3) is 2.58. The molecule has 0 aromatic heterocycles. The summed E-state index contributed by atoms with van der Waals surface area (Å²) in [5, 5.41) is 3.48. The number of likely N-dealkylation sites (N-methyl/N-ethyl adjacent to an activating group) is 1. The topological polar surface area (TPSA) is 38.0 Å². The molecule has 126 valence electrons. The molecule has 4 heteroatoms. The molecular weight excluding hydrogens is 274 g/mol. The van der Waals surface area contributed by atoms with Gasteiger partial charge >= 0.3 is 0 Å². The number of carbonyl (C=O) groups is 1. The van der Waals surface area contributed by atoms with Crippen LogP contribution in [0.4, 0.5) is 0 Å². The van der Waals surface area contributed by atoms with E-state index in [4.69, 9.17) is 0 Å². The lowest BCUT2D eigenvalue weighted by Crippen LogP contribution is -3.28. The van der Waals surface area contributed by atoms with Gasteiger partial charge in [0.05, 0.1) is 6.54 Å². The van der Waals surface area contributed by atoms with E-state index < -0.39 is 0 Å². The van der Waals surface area contributed by atoms with Crippen LogP contribution in [0.5, 0.6) is 0 Å². The highest BCUT2D eigenvalue weighted by atomic mass is 16.2. The molecule has 1 heterocycles. The molecule has 2 saturated carbocycles. The fourth-order valence-corrected chi connectivity index (χ4v) is 5.42. The smallest absolute Gasteiger partial charge is 0.275 e. The van der Waals surface area contributed by atoms with E-state index in [9.17, 15) is 4.79 Å². The average Bonchev–Trinajstić information content (AvgIpc) is 3.03. The summed E-state index contributed by atoms with van der Waals surface area (Å²) in [6.45, 7) is 15.9. The van der Waals surface area contributed by atoms with Gasteiger partial charge in [-0.1, -0.05) is 13.8 Å². The highest BCUT2D eigenvalue weighted by Crippen LogP contribution is 2.61. The van der Waals surface area contributed by atoms with Crippen molar-refractivity contribution in [2.75, 3.05) is 39.3 Å². The molecule has 0 radical (unpaired) electrons. The summed E-state index contributed by atoms with van der Waals surface area (Å²) in [6, 6.07) is 0. The Labute approximate surface area is 135 Å². The van der Waals surface area contributed by atoms with Gasteiger partial charge in [0, 0.05) is 5.54 Å². The lowest BCUT2D eigenvalue weighted by Gasteiger charge is -2.48. The molecule has 3 N–H and O–H groups in total. The molecule has 3 fully saturated rings. The zero-order valence-corrected chi connectivity index (χ0v) is 14.9. The minimum Gasteiger partial charge on any atom is -0.345 e. The maximum absolute atomic E-state index is 12.6. The molecule has 0 aromatic rings. The lowest BCUT2D eigenvalue weighted by molar-refractivity contribution is -1.01. The van der Waals surface area contributed by atoms with E-state index in [0.717, 1.165) is 19.0 Å². The van der Waals surface area contributed by atoms with Crippen molar-refractivity contribution in [2.24, 2.45) is 17.3 Å². The van der Waals surface area contributed by atoms with Gasteiger partial charge in [0.2, 0.25) is 0 Å². The van der Waals surface area contributed by atoms with Crippen LogP contribution in [0, 0.1) is 17.3 Å². The van der Waals surface area contributed by atoms with Crippen LogP contribution in [0.2, 0.25) is 0 Å². The van der Waals surface area contributed by atoms with Gasteiger partial charge < -0.3 is 15.1 Å². The van der Waals surface area contributed by atoms with Crippen LogP contribution < -0.4 is 15.1 Å². The van der Waals surface area contributed by atoms with Crippen molar-refractivity contribution in [3.8, 4) is 0 Å². The first-order chi connectivity index (χ1) is 10.4. The number of fused-ring (bicyclic) bond motifs is 2. The zero-order valence-electron chi connectivity index (χ0n) is 14.9. The Hall–Kier alpha value is -0.610. The van der Waals surface area contributed by atoms with E-state index in [-0.39, 0.29) is 16.9 Å². The van der Waals surface area contributed by atoms with Crippen molar-refractivity contribution < 1.29 is 14.6 Å². The summed E-state index contributed by atoms with van der Waals surface area (Å²) in [4.78, 5) is 15.8. The first-order valence-corrected chi connectivity index (χ1v) is 9.35. The second kappa shape index (κ2) is 5.79. The van der Waals surface area contributed by atoms with Crippen molar-refractivity contribution in [1.29, 1.82) is 0 Å². The van der Waals surface area contributed by atoms with E-state index in [2.05, 4.69) is 33.0 Å². The van der Waals surface area contributed by atoms with Crippen LogP contribution >= 0.6 is 0 Å². The molecule has 0 spiro atoms. The standard InChI is InChI=1S/C18H33N3O/c1-5-20-8-10-21(11-9-20)13-16(22)19-18(4)15-7-6-14(12-15)17(18,2)3/h14-15H,5-13H2,1-4H3,(H,19,22)/p+2/t14-,15-,18-/m0/s1. The molecule has 4 nitrogen and oxygen atoms in total. The molecule has 22 heavy (non-hydrogen) atoms. The minimum atomic E-state index is 0.00291. The maximum atomic E-state index is 12.6. The van der Waals surface area contributed by atoms with Gasteiger partial charge in [0.15, 0.2) is 6.54 Å². The Morgan fingerprint density at radius 1 is 1.05 bits per heavy atom. The SMILES string of the molecule is CC[NH+]1CC[NH+](CC(=O)N[C@@]2(C)[C@H]3CC[C@@H](C3)C2(C)C)CC1. The van der Waals surface area contributed by atoms with E-state index >= 15 is 0 Å². The molecule has 1 saturated heterocycles. The van der Waals surface area contributed by atoms with Gasteiger partial charge in [-0.25, -0.2) is 0 Å². The van der Waals surface area contributed by atoms with Crippen molar-refractivity contribution in [3.05, 3.63) is 0 Å². The highest BCUT2D eigenvalue weighted by Gasteiger charge is 2.60. The third-order valence-corrected chi connectivity index (χ3v) is 7.58. The first kappa shape index (κ1) is 16.3. The molecule has 0 aromatic carbocycles. The normalized spacial score (nSPS) is 43.3. The zero-order chi connectivity index (χ0) is 16.0. The number of rotatable bonds is 4. The number of carbonyl (C=O) groups excluding carboxylic acids is 1. The van der Waals surface area contributed by atoms with Gasteiger partial charge in [-0.3, -0.25) is 4.79 Å². The van der Waals surface area contributed by atoms with Crippen molar-refractivity contribution in [1.82, 2.24) is 5.32 Å². The molecular formula is C18H35N3O+2. The van der Waals surface area contributed by atoms with Crippen molar-refractivity contribution in [2.45, 2.75) is 52.5 Å². The fourth-order valence-electron chi connectivity index (χ4n) is 5.42. The van der Waals surface area contributed by atoms with Crippen LogP contribution in [0.25, 0.3) is 0 Å². The monoisotopic (exact) mass is 309 g/mol. The van der Waals surface area contributed by atoms with Gasteiger partial charge in [0.1, 0.15) is 26.2 Å². The number of hydrogen-bond donors (Lipinski definition) is 3. The molecule has 2 aliphatic carbocycles. The number of nitrogens with one attached hydrogen (secondary N) is 3. The lowest BCUT2D eigenvalue weighted by atomic mass is 9.64. The van der Waals surface area contributed by atoms with Gasteiger partial charge in [-0.15, -0.1) is 0 Å². The predicted octanol–water partition coefficient (Wildman–Crippen LogP) is -0.879. The second-order valence-corrected chi connectivity index (χ2v) is 8.71. The first-order valence-electron chi connectivity index (χ1n) is 9.35. The van der Waals surface area contributed by atoms with E-state index in [1.807, 2.05) is 0 Å². The van der Waals surface area contributed by atoms with Crippen LogP contribution in [0.3, 0.4) is 0 Å². The summed E-state index contributed by atoms with van der Waals surface area (Å²) in [7, 11) is 0. The van der Waals surface area contributed by atoms with E-state index in [1.165, 1.54) is 43.8 Å². The largest absolute Gasteiger partial charge is 0.345 e. The van der Waals surface area contributed by atoms with Crippen LogP contribution in [-0.2, 0) is 4.79 Å². The molecule has 3 rings (SSSR count). The number of quaternary nitrogens is 2. The van der Waals surface area contributed by atoms with Gasteiger partial charge in [-0.2, -0.15) is 0 Å². The number of hydrogen-bond acceptors (Lipinski definition) is 1.